The lowest BCUT2D eigenvalue weighted by Crippen LogP contribution is -2.72. The lowest BCUT2D eigenvalue weighted by atomic mass is 9.97. The minimum atomic E-state index is -4.72. The fraction of sp³-hybridized carbons (Fsp3) is 0.417. The van der Waals surface area contributed by atoms with Gasteiger partial charge in [-0.25, -0.2) is 8.42 Å². The summed E-state index contributed by atoms with van der Waals surface area (Å²) < 4.78 is 68.0. The Labute approximate surface area is 212 Å². The summed E-state index contributed by atoms with van der Waals surface area (Å²) in [6, 6.07) is 9.04. The summed E-state index contributed by atoms with van der Waals surface area (Å²) in [5.74, 6) is -0.700. The zero-order valence-electron chi connectivity index (χ0n) is 19.6. The molecule has 36 heavy (non-hydrogen) atoms. The molecule has 0 N–H and O–H groups in total. The maximum atomic E-state index is 13.6. The fourth-order valence-electron chi connectivity index (χ4n) is 4.67. The number of amides is 2. The monoisotopic (exact) mass is 543 g/mol. The number of carbonyl (C=O) groups is 2. The number of benzene rings is 2. The van der Waals surface area contributed by atoms with Gasteiger partial charge in [-0.2, -0.15) is 17.5 Å². The van der Waals surface area contributed by atoms with Crippen molar-refractivity contribution in [3.63, 3.8) is 0 Å². The zero-order valence-corrected chi connectivity index (χ0v) is 21.1. The van der Waals surface area contributed by atoms with Gasteiger partial charge < -0.3 is 9.80 Å². The van der Waals surface area contributed by atoms with Gasteiger partial charge in [-0.15, -0.1) is 0 Å². The van der Waals surface area contributed by atoms with Crippen LogP contribution in [0.1, 0.15) is 31.4 Å². The van der Waals surface area contributed by atoms with Gasteiger partial charge in [0.2, 0.25) is 21.8 Å². The maximum absolute atomic E-state index is 13.6. The fourth-order valence-corrected chi connectivity index (χ4v) is 6.41. The van der Waals surface area contributed by atoms with Crippen LogP contribution in [0.4, 0.5) is 13.2 Å². The van der Waals surface area contributed by atoms with Gasteiger partial charge in [0.25, 0.3) is 0 Å². The number of nitrogens with zero attached hydrogens (tertiary/aromatic N) is 3. The first-order valence-corrected chi connectivity index (χ1v) is 13.2. The average molecular weight is 544 g/mol. The molecule has 2 saturated heterocycles. The summed E-state index contributed by atoms with van der Waals surface area (Å²) in [5.41, 5.74) is -0.357. The van der Waals surface area contributed by atoms with E-state index in [9.17, 15) is 31.2 Å². The number of sulfonamides is 1. The predicted octanol–water partition coefficient (Wildman–Crippen LogP) is 3.77. The van der Waals surface area contributed by atoms with Crippen molar-refractivity contribution in [1.29, 1.82) is 0 Å². The van der Waals surface area contributed by atoms with Crippen LogP contribution in [0.5, 0.6) is 0 Å². The van der Waals surface area contributed by atoms with E-state index in [0.717, 1.165) is 28.1 Å². The van der Waals surface area contributed by atoms with Gasteiger partial charge in [0.15, 0.2) is 0 Å². The van der Waals surface area contributed by atoms with Gasteiger partial charge in [0.1, 0.15) is 12.2 Å². The van der Waals surface area contributed by atoms with E-state index in [1.54, 1.807) is 38.1 Å². The third-order valence-corrected chi connectivity index (χ3v) is 8.63. The minimum Gasteiger partial charge on any atom is -0.335 e. The Morgan fingerprint density at radius 1 is 1.08 bits per heavy atom. The van der Waals surface area contributed by atoms with Crippen molar-refractivity contribution in [1.82, 2.24) is 14.1 Å². The SMILES string of the molecule is CC(C)N1CC2N(C(=O)CCN2S(=O)(=O)c2cccc(C(F)(F)F)c2)C(Cc2ccc(Cl)cc2)C1=O. The van der Waals surface area contributed by atoms with Crippen LogP contribution in [0, 0.1) is 0 Å². The Morgan fingerprint density at radius 3 is 2.36 bits per heavy atom. The van der Waals surface area contributed by atoms with Crippen molar-refractivity contribution in [2.75, 3.05) is 13.1 Å². The number of rotatable bonds is 5. The third-order valence-electron chi connectivity index (χ3n) is 6.49. The summed E-state index contributed by atoms with van der Waals surface area (Å²) >= 11 is 5.96. The molecule has 2 fully saturated rings. The Balaban J connectivity index is 1.75. The Kier molecular flexibility index (Phi) is 7.11. The van der Waals surface area contributed by atoms with Crippen molar-refractivity contribution in [3.05, 3.63) is 64.7 Å². The van der Waals surface area contributed by atoms with Crippen LogP contribution in [0.2, 0.25) is 5.02 Å². The molecule has 7 nitrogen and oxygen atoms in total. The molecule has 194 valence electrons. The molecule has 4 rings (SSSR count). The van der Waals surface area contributed by atoms with Gasteiger partial charge in [-0.05, 0) is 49.7 Å². The van der Waals surface area contributed by atoms with E-state index in [2.05, 4.69) is 0 Å². The molecule has 0 bridgehead atoms. The van der Waals surface area contributed by atoms with Crippen molar-refractivity contribution in [2.24, 2.45) is 0 Å². The largest absolute Gasteiger partial charge is 0.416 e. The molecule has 2 amide bonds. The number of hydrogen-bond acceptors (Lipinski definition) is 4. The van der Waals surface area contributed by atoms with Crippen LogP contribution in [-0.2, 0) is 32.2 Å². The highest BCUT2D eigenvalue weighted by atomic mass is 35.5. The molecule has 0 aromatic heterocycles. The summed E-state index contributed by atoms with van der Waals surface area (Å²) in [6.45, 7) is 3.27. The van der Waals surface area contributed by atoms with Crippen molar-refractivity contribution >= 4 is 33.4 Å². The molecular formula is C24H25ClF3N3O4S. The van der Waals surface area contributed by atoms with Crippen molar-refractivity contribution in [2.45, 2.75) is 56.0 Å². The second-order valence-corrected chi connectivity index (χ2v) is 11.4. The Bertz CT molecular complexity index is 1270. The van der Waals surface area contributed by atoms with E-state index < -0.39 is 38.9 Å². The lowest BCUT2D eigenvalue weighted by Gasteiger charge is -2.52. The summed E-state index contributed by atoms with van der Waals surface area (Å²) in [5, 5.41) is 0.503. The topological polar surface area (TPSA) is 78.0 Å². The number of hydrogen-bond donors (Lipinski definition) is 0. The molecule has 2 heterocycles. The first kappa shape index (κ1) is 26.4. The molecular weight excluding hydrogens is 519 g/mol. The third kappa shape index (κ3) is 4.96. The smallest absolute Gasteiger partial charge is 0.335 e. The van der Waals surface area contributed by atoms with Gasteiger partial charge in [0, 0.05) is 30.5 Å². The van der Waals surface area contributed by atoms with E-state index in [0.29, 0.717) is 11.1 Å². The van der Waals surface area contributed by atoms with E-state index in [4.69, 9.17) is 11.6 Å². The molecule has 2 aromatic rings. The quantitative estimate of drug-likeness (QED) is 0.575. The Morgan fingerprint density at radius 2 is 1.75 bits per heavy atom. The number of piperazine rings is 1. The van der Waals surface area contributed by atoms with Gasteiger partial charge >= 0.3 is 6.18 Å². The highest BCUT2D eigenvalue weighted by molar-refractivity contribution is 7.89. The number of carbonyl (C=O) groups excluding carboxylic acids is 2. The van der Waals surface area contributed by atoms with Gasteiger partial charge in [-0.3, -0.25) is 9.59 Å². The highest BCUT2D eigenvalue weighted by Crippen LogP contribution is 2.35. The van der Waals surface area contributed by atoms with Crippen LogP contribution in [0.25, 0.3) is 0 Å². The number of halogens is 4. The average Bonchev–Trinajstić information content (AvgIpc) is 2.81. The first-order chi connectivity index (χ1) is 16.8. The summed E-state index contributed by atoms with van der Waals surface area (Å²) in [6.07, 6.45) is -5.83. The van der Waals surface area contributed by atoms with Crippen LogP contribution in [0.3, 0.4) is 0 Å². The van der Waals surface area contributed by atoms with Crippen molar-refractivity contribution in [3.8, 4) is 0 Å². The molecule has 2 aliphatic rings. The standard InChI is InChI=1S/C24H25ClF3N3O4S/c1-15(2)29-14-21-30(36(34,35)19-5-3-4-17(13-19)24(26,27)28)11-10-22(32)31(21)20(23(29)33)12-16-6-8-18(25)9-7-16/h3-9,13,15,20-21H,10-12,14H2,1-2H3. The van der Waals surface area contributed by atoms with E-state index in [-0.39, 0.29) is 43.8 Å². The molecule has 12 heteroatoms. The van der Waals surface area contributed by atoms with E-state index in [1.807, 2.05) is 0 Å². The molecule has 2 atom stereocenters. The molecule has 0 aliphatic carbocycles. The molecule has 2 aromatic carbocycles. The maximum Gasteiger partial charge on any atom is 0.416 e. The normalized spacial score (nSPS) is 21.8. The number of alkyl halides is 3. The van der Waals surface area contributed by atoms with Crippen LogP contribution in [-0.4, -0.2) is 65.7 Å². The second-order valence-electron chi connectivity index (χ2n) is 9.10. The Hall–Kier alpha value is -2.63. The molecule has 2 unspecified atom stereocenters. The van der Waals surface area contributed by atoms with Gasteiger partial charge in [0.05, 0.1) is 17.0 Å². The summed E-state index contributed by atoms with van der Waals surface area (Å²) in [4.78, 5) is 28.8. The first-order valence-electron chi connectivity index (χ1n) is 11.4. The molecule has 0 saturated carbocycles. The summed E-state index contributed by atoms with van der Waals surface area (Å²) in [7, 11) is -4.42. The highest BCUT2D eigenvalue weighted by Gasteiger charge is 2.51. The van der Waals surface area contributed by atoms with Crippen molar-refractivity contribution < 1.29 is 31.2 Å². The molecule has 2 aliphatic heterocycles. The second kappa shape index (κ2) is 9.68. The van der Waals surface area contributed by atoms with E-state index in [1.165, 1.54) is 9.80 Å². The van der Waals surface area contributed by atoms with Gasteiger partial charge in [-0.1, -0.05) is 29.8 Å². The lowest BCUT2D eigenvalue weighted by molar-refractivity contribution is -0.166. The molecule has 0 radical (unpaired) electrons. The van der Waals surface area contributed by atoms with E-state index >= 15 is 0 Å². The predicted molar refractivity (Wildman–Crippen MR) is 126 cm³/mol. The van der Waals surface area contributed by atoms with Crippen LogP contribution in [0.15, 0.2) is 53.4 Å². The van der Waals surface area contributed by atoms with Crippen LogP contribution >= 0.6 is 11.6 Å². The van der Waals surface area contributed by atoms with Crippen LogP contribution < -0.4 is 0 Å². The molecule has 0 spiro atoms. The minimum absolute atomic E-state index is 0.0858. The number of fused-ring (bicyclic) bond motifs is 1. The zero-order chi connectivity index (χ0) is 26.4.